The first-order valence-corrected chi connectivity index (χ1v) is 5.23. The van der Waals surface area contributed by atoms with Crippen LogP contribution >= 0.6 is 23.6 Å². The SMILES string of the molecule is Cc1nc(C)c(C(C)NC(N)=S)s1. The Balaban J connectivity index is 2.81. The van der Waals surface area contributed by atoms with Gasteiger partial charge < -0.3 is 11.1 Å². The molecule has 1 unspecified atom stereocenters. The Bertz CT molecular complexity index is 319. The fourth-order valence-electron chi connectivity index (χ4n) is 1.23. The highest BCUT2D eigenvalue weighted by molar-refractivity contribution is 7.80. The number of thiazole rings is 1. The van der Waals surface area contributed by atoms with Crippen LogP contribution < -0.4 is 11.1 Å². The molecule has 0 saturated heterocycles. The zero-order valence-electron chi connectivity index (χ0n) is 7.92. The first-order valence-electron chi connectivity index (χ1n) is 4.00. The van der Waals surface area contributed by atoms with Gasteiger partial charge in [-0.05, 0) is 33.0 Å². The van der Waals surface area contributed by atoms with Gasteiger partial charge in [-0.25, -0.2) is 4.98 Å². The fourth-order valence-corrected chi connectivity index (χ4v) is 2.33. The quantitative estimate of drug-likeness (QED) is 0.737. The smallest absolute Gasteiger partial charge is 0.164 e. The minimum absolute atomic E-state index is 0.156. The van der Waals surface area contributed by atoms with Gasteiger partial charge in [0, 0.05) is 4.88 Å². The number of hydrogen-bond donors (Lipinski definition) is 2. The number of nitrogens with two attached hydrogens (primary N) is 1. The molecule has 1 aromatic rings. The molecule has 0 spiro atoms. The molecule has 1 atom stereocenters. The number of hydrogen-bond acceptors (Lipinski definition) is 3. The van der Waals surface area contributed by atoms with Crippen LogP contribution in [-0.4, -0.2) is 10.1 Å². The van der Waals surface area contributed by atoms with E-state index in [-0.39, 0.29) is 6.04 Å². The lowest BCUT2D eigenvalue weighted by molar-refractivity contribution is 0.726. The standard InChI is InChI=1S/C8H13N3S2/c1-4-7(13-6(3)10-4)5(2)11-8(9)12/h5H,1-3H3,(H3,9,11,12). The Labute approximate surface area is 87.4 Å². The van der Waals surface area contributed by atoms with Crippen LogP contribution in [-0.2, 0) is 0 Å². The van der Waals surface area contributed by atoms with Crippen LogP contribution in [0.4, 0.5) is 0 Å². The van der Waals surface area contributed by atoms with E-state index < -0.39 is 0 Å². The van der Waals surface area contributed by atoms with Gasteiger partial charge in [-0.3, -0.25) is 0 Å². The number of rotatable bonds is 2. The van der Waals surface area contributed by atoms with Gasteiger partial charge in [-0.2, -0.15) is 0 Å². The van der Waals surface area contributed by atoms with E-state index in [1.807, 2.05) is 20.8 Å². The Morgan fingerprint density at radius 1 is 1.62 bits per heavy atom. The first kappa shape index (κ1) is 10.4. The Kier molecular flexibility index (Phi) is 3.22. The summed E-state index contributed by atoms with van der Waals surface area (Å²) in [4.78, 5) is 5.53. The molecule has 0 aromatic carbocycles. The van der Waals surface area contributed by atoms with Crippen LogP contribution in [0.1, 0.15) is 28.5 Å². The molecule has 0 aliphatic carbocycles. The van der Waals surface area contributed by atoms with Gasteiger partial charge in [0.15, 0.2) is 5.11 Å². The molecule has 3 N–H and O–H groups in total. The monoisotopic (exact) mass is 215 g/mol. The van der Waals surface area contributed by atoms with Crippen molar-refractivity contribution < 1.29 is 0 Å². The van der Waals surface area contributed by atoms with E-state index in [0.717, 1.165) is 10.7 Å². The number of nitrogens with zero attached hydrogens (tertiary/aromatic N) is 1. The van der Waals surface area contributed by atoms with Crippen molar-refractivity contribution in [2.24, 2.45) is 5.73 Å². The molecular formula is C8H13N3S2. The molecule has 0 saturated carbocycles. The summed E-state index contributed by atoms with van der Waals surface area (Å²) in [5.41, 5.74) is 6.45. The molecule has 0 amide bonds. The van der Waals surface area contributed by atoms with Crippen LogP contribution in [0.15, 0.2) is 0 Å². The lowest BCUT2D eigenvalue weighted by Gasteiger charge is -2.11. The molecule has 0 radical (unpaired) electrons. The average Bonchev–Trinajstić information content (AvgIpc) is 2.28. The molecule has 0 bridgehead atoms. The van der Waals surface area contributed by atoms with E-state index >= 15 is 0 Å². The minimum Gasteiger partial charge on any atom is -0.376 e. The highest BCUT2D eigenvalue weighted by atomic mass is 32.1. The zero-order chi connectivity index (χ0) is 10.0. The summed E-state index contributed by atoms with van der Waals surface area (Å²) < 4.78 is 0. The molecule has 1 rings (SSSR count). The van der Waals surface area contributed by atoms with Crippen molar-refractivity contribution in [1.82, 2.24) is 10.3 Å². The van der Waals surface area contributed by atoms with Crippen LogP contribution in [0.3, 0.4) is 0 Å². The van der Waals surface area contributed by atoms with E-state index in [1.54, 1.807) is 11.3 Å². The summed E-state index contributed by atoms with van der Waals surface area (Å²) in [6.07, 6.45) is 0. The molecule has 1 heterocycles. The Hall–Kier alpha value is -0.680. The predicted molar refractivity (Wildman–Crippen MR) is 59.9 cm³/mol. The number of nitrogens with one attached hydrogen (secondary N) is 1. The first-order chi connectivity index (χ1) is 6.00. The van der Waals surface area contributed by atoms with E-state index in [9.17, 15) is 0 Å². The molecule has 0 aliphatic heterocycles. The Morgan fingerprint density at radius 3 is 2.62 bits per heavy atom. The van der Waals surface area contributed by atoms with Crippen LogP contribution in [0.2, 0.25) is 0 Å². The van der Waals surface area contributed by atoms with Gasteiger partial charge in [-0.1, -0.05) is 0 Å². The third-order valence-electron chi connectivity index (χ3n) is 1.69. The molecule has 13 heavy (non-hydrogen) atoms. The summed E-state index contributed by atoms with van der Waals surface area (Å²) >= 11 is 6.45. The maximum absolute atomic E-state index is 5.39. The van der Waals surface area contributed by atoms with Gasteiger partial charge in [-0.15, -0.1) is 11.3 Å². The Morgan fingerprint density at radius 2 is 2.23 bits per heavy atom. The van der Waals surface area contributed by atoms with E-state index in [4.69, 9.17) is 18.0 Å². The second-order valence-electron chi connectivity index (χ2n) is 2.91. The molecule has 3 nitrogen and oxygen atoms in total. The average molecular weight is 215 g/mol. The second-order valence-corrected chi connectivity index (χ2v) is 4.59. The third-order valence-corrected chi connectivity index (χ3v) is 3.06. The molecule has 5 heteroatoms. The highest BCUT2D eigenvalue weighted by Gasteiger charge is 2.12. The summed E-state index contributed by atoms with van der Waals surface area (Å²) in [6.45, 7) is 6.02. The fraction of sp³-hybridized carbons (Fsp3) is 0.500. The maximum Gasteiger partial charge on any atom is 0.164 e. The summed E-state index contributed by atoms with van der Waals surface area (Å²) in [6, 6.07) is 0.156. The number of aryl methyl sites for hydroxylation is 2. The van der Waals surface area contributed by atoms with E-state index in [1.165, 1.54) is 4.88 Å². The van der Waals surface area contributed by atoms with Gasteiger partial charge in [0.05, 0.1) is 16.7 Å². The molecule has 0 aliphatic rings. The van der Waals surface area contributed by atoms with Gasteiger partial charge in [0.25, 0.3) is 0 Å². The lowest BCUT2D eigenvalue weighted by atomic mass is 10.2. The summed E-state index contributed by atoms with van der Waals surface area (Å²) in [5.74, 6) is 0. The van der Waals surface area contributed by atoms with Gasteiger partial charge in [0.2, 0.25) is 0 Å². The molecular weight excluding hydrogens is 202 g/mol. The zero-order valence-corrected chi connectivity index (χ0v) is 9.55. The van der Waals surface area contributed by atoms with Crippen molar-refractivity contribution in [2.45, 2.75) is 26.8 Å². The van der Waals surface area contributed by atoms with E-state index in [0.29, 0.717) is 5.11 Å². The van der Waals surface area contributed by atoms with Crippen molar-refractivity contribution in [3.8, 4) is 0 Å². The van der Waals surface area contributed by atoms with Crippen molar-refractivity contribution >= 4 is 28.7 Å². The maximum atomic E-state index is 5.39. The second kappa shape index (κ2) is 4.02. The summed E-state index contributed by atoms with van der Waals surface area (Å²) in [5, 5.41) is 4.40. The van der Waals surface area contributed by atoms with Gasteiger partial charge in [0.1, 0.15) is 0 Å². The molecule has 0 fully saturated rings. The van der Waals surface area contributed by atoms with Gasteiger partial charge >= 0.3 is 0 Å². The normalized spacial score (nSPS) is 12.5. The molecule has 1 aromatic heterocycles. The van der Waals surface area contributed by atoms with Crippen molar-refractivity contribution in [3.05, 3.63) is 15.6 Å². The van der Waals surface area contributed by atoms with Crippen LogP contribution in [0.25, 0.3) is 0 Å². The third kappa shape index (κ3) is 2.63. The summed E-state index contributed by atoms with van der Waals surface area (Å²) in [7, 11) is 0. The van der Waals surface area contributed by atoms with Crippen LogP contribution in [0, 0.1) is 13.8 Å². The van der Waals surface area contributed by atoms with E-state index in [2.05, 4.69) is 10.3 Å². The predicted octanol–water partition coefficient (Wildman–Crippen LogP) is 1.65. The molecule has 72 valence electrons. The topological polar surface area (TPSA) is 50.9 Å². The number of thiocarbonyl (C=S) groups is 1. The van der Waals surface area contributed by atoms with Crippen LogP contribution in [0.5, 0.6) is 0 Å². The lowest BCUT2D eigenvalue weighted by Crippen LogP contribution is -2.31. The highest BCUT2D eigenvalue weighted by Crippen LogP contribution is 2.23. The van der Waals surface area contributed by atoms with Crippen molar-refractivity contribution in [1.29, 1.82) is 0 Å². The largest absolute Gasteiger partial charge is 0.376 e. The minimum atomic E-state index is 0.156. The number of aromatic nitrogens is 1. The van der Waals surface area contributed by atoms with Crippen molar-refractivity contribution in [3.63, 3.8) is 0 Å². The van der Waals surface area contributed by atoms with Crippen molar-refractivity contribution in [2.75, 3.05) is 0 Å².